The normalized spacial score (nSPS) is 14.9. The predicted octanol–water partition coefficient (Wildman–Crippen LogP) is 5.00. The van der Waals surface area contributed by atoms with E-state index >= 15 is 0 Å². The molecule has 25 heavy (non-hydrogen) atoms. The first kappa shape index (κ1) is 16.2. The summed E-state index contributed by atoms with van der Waals surface area (Å²) in [5.41, 5.74) is 3.37. The number of nitrogens with zero attached hydrogens (tertiary/aromatic N) is 2. The smallest absolute Gasteiger partial charge is 0.294 e. The lowest BCUT2D eigenvalue weighted by Gasteiger charge is -2.10. The van der Waals surface area contributed by atoms with Gasteiger partial charge in [0.2, 0.25) is 0 Å². The highest BCUT2D eigenvalue weighted by molar-refractivity contribution is 6.30. The summed E-state index contributed by atoms with van der Waals surface area (Å²) in [5.74, 6) is 0.725. The van der Waals surface area contributed by atoms with Crippen molar-refractivity contribution in [1.82, 2.24) is 9.13 Å². The summed E-state index contributed by atoms with van der Waals surface area (Å²) in [6.07, 6.45) is 8.95. The lowest BCUT2D eigenvalue weighted by Crippen LogP contribution is -2.23. The molecule has 0 spiro atoms. The van der Waals surface area contributed by atoms with E-state index in [4.69, 9.17) is 11.6 Å². The van der Waals surface area contributed by atoms with Crippen molar-refractivity contribution in [3.63, 3.8) is 0 Å². The molecule has 4 rings (SSSR count). The lowest BCUT2D eigenvalue weighted by molar-refractivity contribution is 0.718. The number of imidazole rings is 1. The summed E-state index contributed by atoms with van der Waals surface area (Å²) in [6, 6.07) is 16.1. The topological polar surface area (TPSA) is 26.9 Å². The van der Waals surface area contributed by atoms with Gasteiger partial charge in [0.05, 0.1) is 12.2 Å². The Morgan fingerprint density at radius 2 is 1.60 bits per heavy atom. The van der Waals surface area contributed by atoms with Gasteiger partial charge in [0, 0.05) is 17.4 Å². The fraction of sp³-hybridized carbons (Fsp3) is 0.286. The minimum atomic E-state index is -0.0396. The Morgan fingerprint density at radius 1 is 0.920 bits per heavy atom. The molecular formula is C21H21ClN2O. The van der Waals surface area contributed by atoms with Crippen LogP contribution in [0.3, 0.4) is 0 Å². The first-order valence-corrected chi connectivity index (χ1v) is 9.21. The predicted molar refractivity (Wildman–Crippen MR) is 102 cm³/mol. The molecule has 0 N–H and O–H groups in total. The van der Waals surface area contributed by atoms with Crippen LogP contribution in [0.15, 0.2) is 65.7 Å². The minimum Gasteiger partial charge on any atom is -0.294 e. The minimum absolute atomic E-state index is 0.0396. The van der Waals surface area contributed by atoms with Crippen LogP contribution >= 0.6 is 11.6 Å². The van der Waals surface area contributed by atoms with Crippen LogP contribution in [0.4, 0.5) is 0 Å². The first-order chi connectivity index (χ1) is 12.2. The van der Waals surface area contributed by atoms with Crippen LogP contribution in [0.1, 0.15) is 42.7 Å². The molecule has 1 aliphatic carbocycles. The SMILES string of the molecule is O=c1n(Cc2ccc(C3CCCC3)cc2)ccn1-c1ccc(Cl)cc1. The lowest BCUT2D eigenvalue weighted by atomic mass is 9.97. The summed E-state index contributed by atoms with van der Waals surface area (Å²) in [5, 5.41) is 0.665. The van der Waals surface area contributed by atoms with Gasteiger partial charge in [-0.05, 0) is 54.2 Å². The van der Waals surface area contributed by atoms with Gasteiger partial charge in [-0.2, -0.15) is 0 Å². The Labute approximate surface area is 152 Å². The molecular weight excluding hydrogens is 332 g/mol. The maximum atomic E-state index is 12.6. The van der Waals surface area contributed by atoms with Crippen LogP contribution in [0.25, 0.3) is 5.69 Å². The zero-order chi connectivity index (χ0) is 17.2. The first-order valence-electron chi connectivity index (χ1n) is 8.83. The Bertz CT molecular complexity index is 900. The Morgan fingerprint density at radius 3 is 2.28 bits per heavy atom. The third-order valence-electron chi connectivity index (χ3n) is 5.11. The van der Waals surface area contributed by atoms with Gasteiger partial charge in [0.15, 0.2) is 0 Å². The maximum Gasteiger partial charge on any atom is 0.333 e. The number of aromatic nitrogens is 2. The molecule has 1 fully saturated rings. The second kappa shape index (κ2) is 6.93. The number of hydrogen-bond donors (Lipinski definition) is 0. The van der Waals surface area contributed by atoms with Gasteiger partial charge in [-0.3, -0.25) is 9.13 Å². The van der Waals surface area contributed by atoms with Crippen LogP contribution in [0.2, 0.25) is 5.02 Å². The van der Waals surface area contributed by atoms with Crippen molar-refractivity contribution in [2.75, 3.05) is 0 Å². The molecule has 3 aromatic rings. The zero-order valence-corrected chi connectivity index (χ0v) is 14.8. The van der Waals surface area contributed by atoms with Gasteiger partial charge >= 0.3 is 5.69 Å². The van der Waals surface area contributed by atoms with Gasteiger partial charge in [-0.15, -0.1) is 0 Å². The highest BCUT2D eigenvalue weighted by Gasteiger charge is 2.16. The summed E-state index contributed by atoms with van der Waals surface area (Å²) in [4.78, 5) is 12.6. The fourth-order valence-electron chi connectivity index (χ4n) is 3.68. The molecule has 1 aliphatic rings. The molecule has 1 heterocycles. The number of rotatable bonds is 4. The third-order valence-corrected chi connectivity index (χ3v) is 5.36. The molecule has 3 nitrogen and oxygen atoms in total. The van der Waals surface area contributed by atoms with Crippen LogP contribution < -0.4 is 5.69 Å². The third kappa shape index (κ3) is 3.42. The molecule has 0 unspecified atom stereocenters. The largest absolute Gasteiger partial charge is 0.333 e. The molecule has 4 heteroatoms. The Balaban J connectivity index is 1.53. The van der Waals surface area contributed by atoms with E-state index in [9.17, 15) is 4.79 Å². The average Bonchev–Trinajstić information content (AvgIpc) is 3.28. The van der Waals surface area contributed by atoms with Crippen molar-refractivity contribution >= 4 is 11.6 Å². The van der Waals surface area contributed by atoms with E-state index in [1.807, 2.05) is 18.3 Å². The monoisotopic (exact) mass is 352 g/mol. The van der Waals surface area contributed by atoms with Crippen LogP contribution in [-0.4, -0.2) is 9.13 Å². The second-order valence-corrected chi connectivity index (χ2v) is 7.21. The van der Waals surface area contributed by atoms with Crippen molar-refractivity contribution in [2.45, 2.75) is 38.1 Å². The van der Waals surface area contributed by atoms with Gasteiger partial charge in [-0.25, -0.2) is 4.79 Å². The van der Waals surface area contributed by atoms with Gasteiger partial charge in [0.1, 0.15) is 0 Å². The average molecular weight is 353 g/mol. The van der Waals surface area contributed by atoms with Gasteiger partial charge in [-0.1, -0.05) is 48.7 Å². The summed E-state index contributed by atoms with van der Waals surface area (Å²) in [6.45, 7) is 0.588. The van der Waals surface area contributed by atoms with Crippen molar-refractivity contribution in [1.29, 1.82) is 0 Å². The quantitative estimate of drug-likeness (QED) is 0.649. The number of halogens is 1. The van der Waals surface area contributed by atoms with E-state index in [-0.39, 0.29) is 5.69 Å². The van der Waals surface area contributed by atoms with E-state index in [1.54, 1.807) is 27.5 Å². The number of hydrogen-bond acceptors (Lipinski definition) is 1. The molecule has 0 atom stereocenters. The van der Waals surface area contributed by atoms with Crippen molar-refractivity contribution < 1.29 is 0 Å². The highest BCUT2D eigenvalue weighted by Crippen LogP contribution is 2.33. The van der Waals surface area contributed by atoms with Crippen LogP contribution in [-0.2, 0) is 6.54 Å². The van der Waals surface area contributed by atoms with Crippen LogP contribution in [0.5, 0.6) is 0 Å². The van der Waals surface area contributed by atoms with E-state index < -0.39 is 0 Å². The molecule has 128 valence electrons. The molecule has 0 bridgehead atoms. The van der Waals surface area contributed by atoms with Gasteiger partial charge in [0.25, 0.3) is 0 Å². The molecule has 0 radical (unpaired) electrons. The van der Waals surface area contributed by atoms with Crippen molar-refractivity contribution in [3.05, 3.63) is 87.6 Å². The Kier molecular flexibility index (Phi) is 4.50. The summed E-state index contributed by atoms with van der Waals surface area (Å²) >= 11 is 5.92. The standard InChI is InChI=1S/C21H21ClN2O/c22-19-9-11-20(12-10-19)24-14-13-23(21(24)25)15-16-5-7-18(8-6-16)17-3-1-2-4-17/h5-14,17H,1-4,15H2. The zero-order valence-electron chi connectivity index (χ0n) is 14.1. The van der Waals surface area contributed by atoms with Crippen molar-refractivity contribution in [3.8, 4) is 5.69 Å². The fourth-order valence-corrected chi connectivity index (χ4v) is 3.81. The summed E-state index contributed by atoms with van der Waals surface area (Å²) < 4.78 is 3.38. The molecule has 0 amide bonds. The molecule has 2 aromatic carbocycles. The highest BCUT2D eigenvalue weighted by atomic mass is 35.5. The molecule has 1 aromatic heterocycles. The molecule has 0 aliphatic heterocycles. The molecule has 1 saturated carbocycles. The van der Waals surface area contributed by atoms with E-state index in [0.29, 0.717) is 11.6 Å². The second-order valence-electron chi connectivity index (χ2n) is 6.78. The van der Waals surface area contributed by atoms with E-state index in [2.05, 4.69) is 24.3 Å². The van der Waals surface area contributed by atoms with Gasteiger partial charge < -0.3 is 0 Å². The van der Waals surface area contributed by atoms with Crippen molar-refractivity contribution in [2.24, 2.45) is 0 Å². The number of benzene rings is 2. The molecule has 0 saturated heterocycles. The van der Waals surface area contributed by atoms with E-state index in [0.717, 1.165) is 17.2 Å². The maximum absolute atomic E-state index is 12.6. The summed E-state index contributed by atoms with van der Waals surface area (Å²) in [7, 11) is 0. The van der Waals surface area contributed by atoms with Crippen LogP contribution in [0, 0.1) is 0 Å². The Hall–Kier alpha value is -2.26. The van der Waals surface area contributed by atoms with E-state index in [1.165, 1.54) is 31.2 Å².